The Labute approximate surface area is 104 Å². The number of primary amides is 1. The Kier molecular flexibility index (Phi) is 5.92. The van der Waals surface area contributed by atoms with E-state index in [0.29, 0.717) is 12.5 Å². The highest BCUT2D eigenvalue weighted by molar-refractivity contribution is 5.84. The molecule has 1 atom stereocenters. The number of carbonyl (C=O) groups excluding carboxylic acids is 1. The molecule has 0 saturated heterocycles. The minimum Gasteiger partial charge on any atom is -0.379 e. The van der Waals surface area contributed by atoms with E-state index in [1.54, 1.807) is 0 Å². The highest BCUT2D eigenvalue weighted by atomic mass is 16.5. The van der Waals surface area contributed by atoms with Gasteiger partial charge in [-0.15, -0.1) is 0 Å². The first-order valence-corrected chi connectivity index (χ1v) is 6.71. The van der Waals surface area contributed by atoms with Crippen molar-refractivity contribution in [2.45, 2.75) is 51.5 Å². The standard InChI is InChI=1S/C13H26N2O2/c1-3-8-15-13(2,12(14)16)10-17-9-11-6-4-5-7-11/h11,15H,3-10H2,1-2H3,(H2,14,16). The van der Waals surface area contributed by atoms with Crippen molar-refractivity contribution in [3.05, 3.63) is 0 Å². The fourth-order valence-electron chi connectivity index (χ4n) is 2.22. The van der Waals surface area contributed by atoms with Crippen LogP contribution in [0.3, 0.4) is 0 Å². The molecule has 0 aromatic carbocycles. The Hall–Kier alpha value is -0.610. The van der Waals surface area contributed by atoms with Crippen LogP contribution in [-0.2, 0) is 9.53 Å². The lowest BCUT2D eigenvalue weighted by Crippen LogP contribution is -2.56. The van der Waals surface area contributed by atoms with Gasteiger partial charge in [-0.3, -0.25) is 4.79 Å². The fraction of sp³-hybridized carbons (Fsp3) is 0.923. The number of nitrogens with one attached hydrogen (secondary N) is 1. The first-order valence-electron chi connectivity index (χ1n) is 6.71. The predicted molar refractivity (Wildman–Crippen MR) is 68.7 cm³/mol. The summed E-state index contributed by atoms with van der Waals surface area (Å²) >= 11 is 0. The van der Waals surface area contributed by atoms with E-state index in [2.05, 4.69) is 12.2 Å². The zero-order chi connectivity index (χ0) is 12.7. The van der Waals surface area contributed by atoms with E-state index in [1.807, 2.05) is 6.92 Å². The summed E-state index contributed by atoms with van der Waals surface area (Å²) < 4.78 is 5.68. The molecule has 100 valence electrons. The van der Waals surface area contributed by atoms with Gasteiger partial charge in [0.25, 0.3) is 0 Å². The third-order valence-corrected chi connectivity index (χ3v) is 3.53. The van der Waals surface area contributed by atoms with Crippen LogP contribution in [0.5, 0.6) is 0 Å². The van der Waals surface area contributed by atoms with Crippen molar-refractivity contribution in [3.8, 4) is 0 Å². The second kappa shape index (κ2) is 6.97. The van der Waals surface area contributed by atoms with E-state index in [9.17, 15) is 4.79 Å². The molecule has 0 aromatic heterocycles. The monoisotopic (exact) mass is 242 g/mol. The zero-order valence-electron chi connectivity index (χ0n) is 11.1. The molecule has 17 heavy (non-hydrogen) atoms. The number of ether oxygens (including phenoxy) is 1. The second-order valence-corrected chi connectivity index (χ2v) is 5.29. The van der Waals surface area contributed by atoms with Crippen molar-refractivity contribution in [2.24, 2.45) is 11.7 Å². The molecule has 1 saturated carbocycles. The maximum absolute atomic E-state index is 11.4. The molecule has 0 aliphatic heterocycles. The minimum atomic E-state index is -0.728. The van der Waals surface area contributed by atoms with Gasteiger partial charge in [0.1, 0.15) is 5.54 Å². The van der Waals surface area contributed by atoms with Crippen molar-refractivity contribution in [2.75, 3.05) is 19.8 Å². The molecule has 0 bridgehead atoms. The molecule has 1 unspecified atom stereocenters. The highest BCUT2D eigenvalue weighted by Crippen LogP contribution is 2.24. The molecular formula is C13H26N2O2. The van der Waals surface area contributed by atoms with Gasteiger partial charge in [-0.1, -0.05) is 19.8 Å². The lowest BCUT2D eigenvalue weighted by atomic mass is 10.0. The summed E-state index contributed by atoms with van der Waals surface area (Å²) in [7, 11) is 0. The van der Waals surface area contributed by atoms with Crippen LogP contribution < -0.4 is 11.1 Å². The average molecular weight is 242 g/mol. The third-order valence-electron chi connectivity index (χ3n) is 3.53. The molecule has 1 fully saturated rings. The van der Waals surface area contributed by atoms with Crippen LogP contribution in [0.25, 0.3) is 0 Å². The molecule has 4 heteroatoms. The Balaban J connectivity index is 2.30. The van der Waals surface area contributed by atoms with Gasteiger partial charge in [0.2, 0.25) is 5.91 Å². The van der Waals surface area contributed by atoms with Gasteiger partial charge in [-0.05, 0) is 38.6 Å². The number of nitrogens with two attached hydrogens (primary N) is 1. The lowest BCUT2D eigenvalue weighted by Gasteiger charge is -2.27. The van der Waals surface area contributed by atoms with Gasteiger partial charge >= 0.3 is 0 Å². The normalized spacial score (nSPS) is 20.4. The van der Waals surface area contributed by atoms with Crippen LogP contribution in [-0.4, -0.2) is 31.2 Å². The fourth-order valence-corrected chi connectivity index (χ4v) is 2.22. The number of hydrogen-bond donors (Lipinski definition) is 2. The maximum Gasteiger partial charge on any atom is 0.239 e. The Bertz CT molecular complexity index is 240. The van der Waals surface area contributed by atoms with Crippen LogP contribution in [0, 0.1) is 5.92 Å². The van der Waals surface area contributed by atoms with Crippen LogP contribution in [0.15, 0.2) is 0 Å². The first kappa shape index (κ1) is 14.5. The quantitative estimate of drug-likeness (QED) is 0.677. The van der Waals surface area contributed by atoms with Crippen LogP contribution in [0.2, 0.25) is 0 Å². The van der Waals surface area contributed by atoms with Gasteiger partial charge in [-0.2, -0.15) is 0 Å². The molecule has 0 spiro atoms. The smallest absolute Gasteiger partial charge is 0.239 e. The van der Waals surface area contributed by atoms with Crippen molar-refractivity contribution in [3.63, 3.8) is 0 Å². The molecule has 1 rings (SSSR count). The molecular weight excluding hydrogens is 216 g/mol. The van der Waals surface area contributed by atoms with Gasteiger partial charge in [0, 0.05) is 6.61 Å². The molecule has 4 nitrogen and oxygen atoms in total. The van der Waals surface area contributed by atoms with Gasteiger partial charge in [-0.25, -0.2) is 0 Å². The maximum atomic E-state index is 11.4. The summed E-state index contributed by atoms with van der Waals surface area (Å²) in [5.74, 6) is 0.343. The average Bonchev–Trinajstić information content (AvgIpc) is 2.79. The van der Waals surface area contributed by atoms with E-state index in [4.69, 9.17) is 10.5 Å². The van der Waals surface area contributed by atoms with Gasteiger partial charge in [0.05, 0.1) is 6.61 Å². The van der Waals surface area contributed by atoms with E-state index in [-0.39, 0.29) is 5.91 Å². The van der Waals surface area contributed by atoms with E-state index >= 15 is 0 Å². The number of rotatable bonds is 8. The highest BCUT2D eigenvalue weighted by Gasteiger charge is 2.30. The van der Waals surface area contributed by atoms with Gasteiger partial charge in [0.15, 0.2) is 0 Å². The minimum absolute atomic E-state index is 0.336. The summed E-state index contributed by atoms with van der Waals surface area (Å²) in [6.45, 7) is 5.80. The largest absolute Gasteiger partial charge is 0.379 e. The summed E-state index contributed by atoms with van der Waals surface area (Å²) in [6.07, 6.45) is 6.13. The summed E-state index contributed by atoms with van der Waals surface area (Å²) in [5.41, 5.74) is 4.70. The van der Waals surface area contributed by atoms with Crippen molar-refractivity contribution >= 4 is 5.91 Å². The van der Waals surface area contributed by atoms with E-state index in [0.717, 1.165) is 19.6 Å². The molecule has 0 heterocycles. The second-order valence-electron chi connectivity index (χ2n) is 5.29. The first-order chi connectivity index (χ1) is 8.08. The number of amides is 1. The molecule has 0 radical (unpaired) electrons. The Morgan fingerprint density at radius 3 is 2.65 bits per heavy atom. The Morgan fingerprint density at radius 1 is 1.47 bits per heavy atom. The van der Waals surface area contributed by atoms with Crippen LogP contribution >= 0.6 is 0 Å². The van der Waals surface area contributed by atoms with Gasteiger partial charge < -0.3 is 15.8 Å². The molecule has 0 aromatic rings. The van der Waals surface area contributed by atoms with E-state index in [1.165, 1.54) is 25.7 Å². The summed E-state index contributed by atoms with van der Waals surface area (Å²) in [4.78, 5) is 11.4. The van der Waals surface area contributed by atoms with E-state index < -0.39 is 5.54 Å². The van der Waals surface area contributed by atoms with Crippen LogP contribution in [0.1, 0.15) is 46.0 Å². The van der Waals surface area contributed by atoms with Crippen molar-refractivity contribution in [1.82, 2.24) is 5.32 Å². The SMILES string of the molecule is CCCNC(C)(COCC1CCCC1)C(N)=O. The predicted octanol–water partition coefficient (Wildman–Crippen LogP) is 1.44. The summed E-state index contributed by atoms with van der Waals surface area (Å²) in [6, 6.07) is 0. The molecule has 3 N–H and O–H groups in total. The van der Waals surface area contributed by atoms with Crippen molar-refractivity contribution in [1.29, 1.82) is 0 Å². The lowest BCUT2D eigenvalue weighted by molar-refractivity contribution is -0.126. The topological polar surface area (TPSA) is 64.3 Å². The Morgan fingerprint density at radius 2 is 2.12 bits per heavy atom. The molecule has 1 aliphatic carbocycles. The van der Waals surface area contributed by atoms with Crippen molar-refractivity contribution < 1.29 is 9.53 Å². The number of hydrogen-bond acceptors (Lipinski definition) is 3. The summed E-state index contributed by atoms with van der Waals surface area (Å²) in [5, 5.41) is 3.17. The number of carbonyl (C=O) groups is 1. The third kappa shape index (κ3) is 4.64. The molecule has 1 amide bonds. The van der Waals surface area contributed by atoms with Crippen LogP contribution in [0.4, 0.5) is 0 Å². The molecule has 1 aliphatic rings. The zero-order valence-corrected chi connectivity index (χ0v) is 11.1.